The van der Waals surface area contributed by atoms with E-state index in [4.69, 9.17) is 0 Å². The third-order valence-electron chi connectivity index (χ3n) is 0.833. The quantitative estimate of drug-likeness (QED) is 0.472. The van der Waals surface area contributed by atoms with E-state index in [2.05, 4.69) is 15.3 Å². The van der Waals surface area contributed by atoms with Gasteiger partial charge in [0, 0.05) is 6.20 Å². The van der Waals surface area contributed by atoms with Crippen LogP contribution in [-0.4, -0.2) is 16.4 Å². The fourth-order valence-electron chi connectivity index (χ4n) is 0.476. The van der Waals surface area contributed by atoms with E-state index in [1.165, 1.54) is 12.3 Å². The molecule has 0 aliphatic rings. The van der Waals surface area contributed by atoms with Crippen LogP contribution in [0.5, 0.6) is 0 Å². The zero-order valence-electron chi connectivity index (χ0n) is 4.91. The molecule has 0 fully saturated rings. The van der Waals surface area contributed by atoms with Crippen LogP contribution >= 0.6 is 0 Å². The molecule has 1 aromatic rings. The van der Waals surface area contributed by atoms with E-state index in [1.807, 2.05) is 0 Å². The maximum absolute atomic E-state index is 12.1. The summed E-state index contributed by atoms with van der Waals surface area (Å²) in [5, 5.41) is 2.18. The van der Waals surface area contributed by atoms with E-state index >= 15 is 0 Å². The molecule has 0 radical (unpaired) electrons. The van der Waals surface area contributed by atoms with E-state index in [0.29, 0.717) is 6.41 Å². The van der Waals surface area contributed by atoms with Gasteiger partial charge in [-0.05, 0) is 6.07 Å². The topological polar surface area (TPSA) is 54.9 Å². The second-order valence-corrected chi connectivity index (χ2v) is 1.47. The number of anilines is 1. The molecule has 0 saturated heterocycles. The van der Waals surface area contributed by atoms with Crippen LogP contribution in [0.2, 0.25) is 0 Å². The first kappa shape index (κ1) is 6.60. The fraction of sp³-hybridized carbons (Fsp3) is 0. The van der Waals surface area contributed by atoms with Crippen LogP contribution in [-0.2, 0) is 4.79 Å². The number of amides is 1. The molecule has 1 aromatic heterocycles. The molecule has 0 atom stereocenters. The highest BCUT2D eigenvalue weighted by Crippen LogP contribution is 1.97. The van der Waals surface area contributed by atoms with Gasteiger partial charge in [0.15, 0.2) is 0 Å². The Bertz CT molecular complexity index is 240. The van der Waals surface area contributed by atoms with Crippen molar-refractivity contribution in [2.24, 2.45) is 0 Å². The highest BCUT2D eigenvalue weighted by atomic mass is 19.1. The van der Waals surface area contributed by atoms with Gasteiger partial charge < -0.3 is 5.32 Å². The number of nitrogens with one attached hydrogen (secondary N) is 1. The van der Waals surface area contributed by atoms with Crippen molar-refractivity contribution in [3.8, 4) is 0 Å². The van der Waals surface area contributed by atoms with Gasteiger partial charge in [-0.15, -0.1) is 0 Å². The SMILES string of the molecule is O=CNc1ccnc(F)n1. The highest BCUT2D eigenvalue weighted by molar-refractivity contribution is 5.68. The second-order valence-electron chi connectivity index (χ2n) is 1.47. The number of carbonyl (C=O) groups is 1. The molecular formula is C5H4FN3O. The molecule has 52 valence electrons. The number of aromatic nitrogens is 2. The molecule has 5 heteroatoms. The molecule has 0 aliphatic carbocycles. The maximum Gasteiger partial charge on any atom is 0.310 e. The molecule has 1 N–H and O–H groups in total. The van der Waals surface area contributed by atoms with Crippen LogP contribution in [0.3, 0.4) is 0 Å². The van der Waals surface area contributed by atoms with Crippen molar-refractivity contribution >= 4 is 12.2 Å². The summed E-state index contributed by atoms with van der Waals surface area (Å²) in [6.07, 6.45) is 0.780. The smallest absolute Gasteiger partial charge is 0.310 e. The Kier molecular flexibility index (Phi) is 1.89. The number of hydrogen-bond acceptors (Lipinski definition) is 3. The normalized spacial score (nSPS) is 8.90. The molecule has 0 spiro atoms. The Morgan fingerprint density at radius 2 is 2.50 bits per heavy atom. The molecular weight excluding hydrogens is 137 g/mol. The molecule has 0 bridgehead atoms. The second kappa shape index (κ2) is 2.86. The van der Waals surface area contributed by atoms with Gasteiger partial charge in [0.05, 0.1) is 0 Å². The standard InChI is InChI=1S/C5H4FN3O/c6-5-7-2-1-4(9-5)8-3-10/h1-3H,(H,7,8,9,10). The van der Waals surface area contributed by atoms with Crippen LogP contribution in [0.4, 0.5) is 10.2 Å². The van der Waals surface area contributed by atoms with Crippen LogP contribution in [0.1, 0.15) is 0 Å². The minimum absolute atomic E-state index is 0.155. The van der Waals surface area contributed by atoms with Crippen LogP contribution < -0.4 is 5.32 Å². The van der Waals surface area contributed by atoms with Crippen molar-refractivity contribution in [2.45, 2.75) is 0 Å². The average molecular weight is 141 g/mol. The maximum atomic E-state index is 12.1. The van der Waals surface area contributed by atoms with Crippen molar-refractivity contribution in [1.82, 2.24) is 9.97 Å². The molecule has 0 aromatic carbocycles. The van der Waals surface area contributed by atoms with Crippen molar-refractivity contribution in [1.29, 1.82) is 0 Å². The van der Waals surface area contributed by atoms with Crippen LogP contribution in [0, 0.1) is 6.08 Å². The number of rotatable bonds is 2. The Morgan fingerprint density at radius 3 is 3.10 bits per heavy atom. The number of carbonyl (C=O) groups excluding carboxylic acids is 1. The minimum atomic E-state index is -0.855. The monoisotopic (exact) mass is 141 g/mol. The first-order valence-electron chi connectivity index (χ1n) is 2.51. The zero-order valence-corrected chi connectivity index (χ0v) is 4.91. The lowest BCUT2D eigenvalue weighted by Crippen LogP contribution is -1.98. The molecule has 0 aliphatic heterocycles. The Balaban J connectivity index is 2.84. The van der Waals surface area contributed by atoms with Gasteiger partial charge in [0.2, 0.25) is 6.41 Å². The number of halogens is 1. The van der Waals surface area contributed by atoms with E-state index in [9.17, 15) is 9.18 Å². The molecule has 1 rings (SSSR count). The molecule has 0 unspecified atom stereocenters. The summed E-state index contributed by atoms with van der Waals surface area (Å²) in [5.74, 6) is 0.155. The lowest BCUT2D eigenvalue weighted by atomic mass is 10.6. The number of nitrogens with zero attached hydrogens (tertiary/aromatic N) is 2. The van der Waals surface area contributed by atoms with Crippen molar-refractivity contribution < 1.29 is 9.18 Å². The third kappa shape index (κ3) is 1.48. The van der Waals surface area contributed by atoms with Crippen molar-refractivity contribution in [2.75, 3.05) is 5.32 Å². The van der Waals surface area contributed by atoms with Gasteiger partial charge in [-0.1, -0.05) is 0 Å². The zero-order chi connectivity index (χ0) is 7.40. The van der Waals surface area contributed by atoms with Gasteiger partial charge in [-0.25, -0.2) is 4.98 Å². The summed E-state index contributed by atoms with van der Waals surface area (Å²) in [5.41, 5.74) is 0. The fourth-order valence-corrected chi connectivity index (χ4v) is 0.476. The summed E-state index contributed by atoms with van der Waals surface area (Å²) >= 11 is 0. The van der Waals surface area contributed by atoms with E-state index in [-0.39, 0.29) is 5.82 Å². The predicted molar refractivity (Wildman–Crippen MR) is 31.7 cm³/mol. The van der Waals surface area contributed by atoms with Crippen molar-refractivity contribution in [3.63, 3.8) is 0 Å². The van der Waals surface area contributed by atoms with E-state index in [0.717, 1.165) is 0 Å². The molecule has 1 amide bonds. The van der Waals surface area contributed by atoms with Gasteiger partial charge in [0.1, 0.15) is 5.82 Å². The van der Waals surface area contributed by atoms with Crippen LogP contribution in [0.25, 0.3) is 0 Å². The van der Waals surface area contributed by atoms with Gasteiger partial charge in [-0.3, -0.25) is 4.79 Å². The molecule has 4 nitrogen and oxygen atoms in total. The highest BCUT2D eigenvalue weighted by Gasteiger charge is 1.93. The molecule has 0 saturated carbocycles. The molecule has 1 heterocycles. The van der Waals surface area contributed by atoms with E-state index < -0.39 is 6.08 Å². The number of hydrogen-bond donors (Lipinski definition) is 1. The Labute approximate surface area is 56.1 Å². The predicted octanol–water partition coefficient (Wildman–Crippen LogP) is 0.184. The third-order valence-corrected chi connectivity index (χ3v) is 0.833. The summed E-state index contributed by atoms with van der Waals surface area (Å²) in [6.45, 7) is 0. The largest absolute Gasteiger partial charge is 0.313 e. The lowest BCUT2D eigenvalue weighted by Gasteiger charge is -1.93. The minimum Gasteiger partial charge on any atom is -0.313 e. The van der Waals surface area contributed by atoms with Gasteiger partial charge in [-0.2, -0.15) is 9.37 Å². The van der Waals surface area contributed by atoms with E-state index in [1.54, 1.807) is 0 Å². The van der Waals surface area contributed by atoms with Crippen LogP contribution in [0.15, 0.2) is 12.3 Å². The summed E-state index contributed by atoms with van der Waals surface area (Å²) in [4.78, 5) is 16.2. The Hall–Kier alpha value is -1.52. The Morgan fingerprint density at radius 1 is 1.70 bits per heavy atom. The molecule has 10 heavy (non-hydrogen) atoms. The first-order chi connectivity index (χ1) is 4.83. The summed E-state index contributed by atoms with van der Waals surface area (Å²) in [6, 6.07) is 1.39. The summed E-state index contributed by atoms with van der Waals surface area (Å²) in [7, 11) is 0. The van der Waals surface area contributed by atoms with Gasteiger partial charge >= 0.3 is 6.08 Å². The lowest BCUT2D eigenvalue weighted by molar-refractivity contribution is -0.105. The van der Waals surface area contributed by atoms with Crippen molar-refractivity contribution in [3.05, 3.63) is 18.3 Å². The van der Waals surface area contributed by atoms with Gasteiger partial charge in [0.25, 0.3) is 0 Å². The summed E-state index contributed by atoms with van der Waals surface area (Å²) < 4.78 is 12.1. The first-order valence-corrected chi connectivity index (χ1v) is 2.51. The average Bonchev–Trinajstić information content (AvgIpc) is 1.88.